The third kappa shape index (κ3) is 5.04. The molecule has 4 nitrogen and oxygen atoms in total. The number of nitrogens with two attached hydrogens (primary N) is 1. The number of amides is 1. The van der Waals surface area contributed by atoms with Gasteiger partial charge in [0.15, 0.2) is 0 Å². The lowest BCUT2D eigenvalue weighted by Crippen LogP contribution is -2.50. The van der Waals surface area contributed by atoms with Crippen LogP contribution in [0.15, 0.2) is 0 Å². The van der Waals surface area contributed by atoms with Gasteiger partial charge in [-0.1, -0.05) is 13.8 Å². The second-order valence-corrected chi connectivity index (χ2v) is 6.04. The molecule has 0 aromatic rings. The Morgan fingerprint density at radius 1 is 1.53 bits per heavy atom. The first-order chi connectivity index (χ1) is 7.80. The molecule has 0 aromatic heterocycles. The van der Waals surface area contributed by atoms with Crippen molar-refractivity contribution in [1.82, 2.24) is 5.32 Å². The van der Waals surface area contributed by atoms with Gasteiger partial charge in [-0.25, -0.2) is 0 Å². The van der Waals surface area contributed by atoms with Crippen LogP contribution in [0.1, 0.15) is 47.0 Å². The minimum atomic E-state index is -0.388. The van der Waals surface area contributed by atoms with E-state index in [0.717, 1.165) is 19.3 Å². The first-order valence-corrected chi connectivity index (χ1v) is 6.50. The molecule has 1 aliphatic heterocycles. The van der Waals surface area contributed by atoms with Gasteiger partial charge in [0.05, 0.1) is 11.6 Å². The smallest absolute Gasteiger partial charge is 0.237 e. The van der Waals surface area contributed by atoms with Crippen molar-refractivity contribution < 1.29 is 9.53 Å². The van der Waals surface area contributed by atoms with E-state index in [2.05, 4.69) is 33.0 Å². The number of rotatable bonds is 4. The summed E-state index contributed by atoms with van der Waals surface area (Å²) in [6, 6.07) is -0.189. The van der Waals surface area contributed by atoms with Gasteiger partial charge in [0.1, 0.15) is 0 Å². The molecule has 100 valence electrons. The Kier molecular flexibility index (Phi) is 4.95. The fourth-order valence-corrected chi connectivity index (χ4v) is 2.28. The van der Waals surface area contributed by atoms with Gasteiger partial charge in [0, 0.05) is 12.6 Å². The van der Waals surface area contributed by atoms with Gasteiger partial charge in [0.25, 0.3) is 0 Å². The molecule has 1 rings (SSSR count). The molecule has 0 aromatic carbocycles. The summed E-state index contributed by atoms with van der Waals surface area (Å²) in [5, 5.41) is 3.04. The van der Waals surface area contributed by atoms with Crippen LogP contribution in [0.2, 0.25) is 0 Å². The van der Waals surface area contributed by atoms with Crippen LogP contribution in [0.25, 0.3) is 0 Å². The molecule has 0 saturated carbocycles. The van der Waals surface area contributed by atoms with E-state index in [9.17, 15) is 4.79 Å². The largest absolute Gasteiger partial charge is 0.375 e. The quantitative estimate of drug-likeness (QED) is 0.784. The van der Waals surface area contributed by atoms with E-state index < -0.39 is 0 Å². The number of nitrogens with one attached hydrogen (secondary N) is 1. The van der Waals surface area contributed by atoms with E-state index in [1.54, 1.807) is 0 Å². The maximum Gasteiger partial charge on any atom is 0.237 e. The first kappa shape index (κ1) is 14.5. The highest BCUT2D eigenvalue weighted by Gasteiger charge is 2.30. The van der Waals surface area contributed by atoms with E-state index in [4.69, 9.17) is 10.5 Å². The van der Waals surface area contributed by atoms with Gasteiger partial charge in [0.2, 0.25) is 5.91 Å². The second-order valence-electron chi connectivity index (χ2n) is 6.04. The van der Waals surface area contributed by atoms with E-state index >= 15 is 0 Å². The monoisotopic (exact) mass is 242 g/mol. The summed E-state index contributed by atoms with van der Waals surface area (Å²) < 4.78 is 5.62. The number of ether oxygens (including phenoxy) is 1. The average Bonchev–Trinajstić information content (AvgIpc) is 2.14. The summed E-state index contributed by atoms with van der Waals surface area (Å²) in [5.41, 5.74) is 5.72. The van der Waals surface area contributed by atoms with Gasteiger partial charge in [-0.3, -0.25) is 4.79 Å². The maximum atomic E-state index is 11.9. The van der Waals surface area contributed by atoms with E-state index in [1.165, 1.54) is 0 Å². The lowest BCUT2D eigenvalue weighted by Gasteiger charge is -2.36. The minimum Gasteiger partial charge on any atom is -0.375 e. The van der Waals surface area contributed by atoms with Crippen LogP contribution in [-0.2, 0) is 9.53 Å². The Hall–Kier alpha value is -0.610. The van der Waals surface area contributed by atoms with Gasteiger partial charge in [-0.15, -0.1) is 0 Å². The summed E-state index contributed by atoms with van der Waals surface area (Å²) in [7, 11) is 0. The average molecular weight is 242 g/mol. The number of carbonyl (C=O) groups is 1. The van der Waals surface area contributed by atoms with Gasteiger partial charge >= 0.3 is 0 Å². The predicted octanol–water partition coefficient (Wildman–Crippen LogP) is 1.43. The summed E-state index contributed by atoms with van der Waals surface area (Å²) in [6.07, 6.45) is 2.47. The normalized spacial score (nSPS) is 25.6. The first-order valence-electron chi connectivity index (χ1n) is 6.50. The summed E-state index contributed by atoms with van der Waals surface area (Å²) in [4.78, 5) is 11.9. The van der Waals surface area contributed by atoms with Crippen LogP contribution in [0.4, 0.5) is 0 Å². The van der Waals surface area contributed by atoms with Gasteiger partial charge in [-0.2, -0.15) is 0 Å². The van der Waals surface area contributed by atoms with Crippen LogP contribution >= 0.6 is 0 Å². The Morgan fingerprint density at radius 3 is 2.71 bits per heavy atom. The second kappa shape index (κ2) is 5.83. The molecule has 1 heterocycles. The van der Waals surface area contributed by atoms with Crippen molar-refractivity contribution >= 4 is 5.91 Å². The minimum absolute atomic E-state index is 0.0265. The summed E-state index contributed by atoms with van der Waals surface area (Å²) >= 11 is 0. The zero-order valence-electron chi connectivity index (χ0n) is 11.5. The van der Waals surface area contributed by atoms with Crippen LogP contribution in [-0.4, -0.2) is 30.2 Å². The SMILES string of the molecule is CC(C)CC(N)C(=O)NC1CCOC(C)(C)C1. The van der Waals surface area contributed by atoms with Crippen molar-refractivity contribution in [3.63, 3.8) is 0 Å². The number of hydrogen-bond acceptors (Lipinski definition) is 3. The summed E-state index contributed by atoms with van der Waals surface area (Å²) in [5.74, 6) is 0.420. The molecule has 2 atom stereocenters. The van der Waals surface area contributed by atoms with Gasteiger partial charge in [-0.05, 0) is 39.0 Å². The maximum absolute atomic E-state index is 11.9. The molecule has 0 spiro atoms. The molecule has 2 unspecified atom stereocenters. The van der Waals surface area contributed by atoms with Crippen LogP contribution < -0.4 is 11.1 Å². The van der Waals surface area contributed by atoms with Crippen LogP contribution in [0, 0.1) is 5.92 Å². The molecule has 0 aliphatic carbocycles. The third-order valence-corrected chi connectivity index (χ3v) is 3.11. The highest BCUT2D eigenvalue weighted by molar-refractivity contribution is 5.81. The van der Waals surface area contributed by atoms with E-state index in [1.807, 2.05) is 0 Å². The zero-order chi connectivity index (χ0) is 13.1. The molecular weight excluding hydrogens is 216 g/mol. The van der Waals surface area contributed by atoms with Crippen molar-refractivity contribution in [3.8, 4) is 0 Å². The zero-order valence-corrected chi connectivity index (χ0v) is 11.5. The molecule has 0 bridgehead atoms. The van der Waals surface area contributed by atoms with Crippen molar-refractivity contribution in [2.24, 2.45) is 11.7 Å². The molecule has 1 fully saturated rings. The lowest BCUT2D eigenvalue weighted by atomic mass is 9.93. The van der Waals surface area contributed by atoms with E-state index in [-0.39, 0.29) is 23.6 Å². The number of hydrogen-bond donors (Lipinski definition) is 2. The molecule has 1 saturated heterocycles. The van der Waals surface area contributed by atoms with Crippen molar-refractivity contribution in [2.45, 2.75) is 64.6 Å². The van der Waals surface area contributed by atoms with Crippen molar-refractivity contribution in [2.75, 3.05) is 6.61 Å². The van der Waals surface area contributed by atoms with Crippen molar-refractivity contribution in [1.29, 1.82) is 0 Å². The van der Waals surface area contributed by atoms with Crippen LogP contribution in [0.5, 0.6) is 0 Å². The Labute approximate surface area is 104 Å². The van der Waals surface area contributed by atoms with E-state index in [0.29, 0.717) is 12.5 Å². The predicted molar refractivity (Wildman–Crippen MR) is 68.6 cm³/mol. The molecule has 17 heavy (non-hydrogen) atoms. The molecular formula is C13H26N2O2. The highest BCUT2D eigenvalue weighted by atomic mass is 16.5. The highest BCUT2D eigenvalue weighted by Crippen LogP contribution is 2.23. The molecule has 0 radical (unpaired) electrons. The van der Waals surface area contributed by atoms with Gasteiger partial charge < -0.3 is 15.8 Å². The molecule has 1 amide bonds. The lowest BCUT2D eigenvalue weighted by molar-refractivity contribution is -0.125. The standard InChI is InChI=1S/C13H26N2O2/c1-9(2)7-11(14)12(16)15-10-5-6-17-13(3,4)8-10/h9-11H,5-8,14H2,1-4H3,(H,15,16). The summed E-state index contributed by atoms with van der Waals surface area (Å²) in [6.45, 7) is 8.96. The molecule has 3 N–H and O–H groups in total. The Bertz CT molecular complexity index is 264. The number of carbonyl (C=O) groups excluding carboxylic acids is 1. The third-order valence-electron chi connectivity index (χ3n) is 3.11. The Balaban J connectivity index is 2.40. The fourth-order valence-electron chi connectivity index (χ4n) is 2.28. The molecule has 1 aliphatic rings. The van der Waals surface area contributed by atoms with Crippen molar-refractivity contribution in [3.05, 3.63) is 0 Å². The Morgan fingerprint density at radius 2 is 2.18 bits per heavy atom. The topological polar surface area (TPSA) is 64.4 Å². The fraction of sp³-hybridized carbons (Fsp3) is 0.923. The molecule has 4 heteroatoms. The van der Waals surface area contributed by atoms with Crippen LogP contribution in [0.3, 0.4) is 0 Å².